The van der Waals surface area contributed by atoms with Crippen LogP contribution in [0.4, 0.5) is 39.5 Å². The van der Waals surface area contributed by atoms with Crippen LogP contribution in [-0.2, 0) is 109 Å². The van der Waals surface area contributed by atoms with Gasteiger partial charge in [0, 0.05) is 70.0 Å². The summed E-state index contributed by atoms with van der Waals surface area (Å²) in [5.41, 5.74) is 0.373. The van der Waals surface area contributed by atoms with Gasteiger partial charge in [0.05, 0.1) is 157 Å². The van der Waals surface area contributed by atoms with Crippen LogP contribution >= 0.6 is 0 Å². The first kappa shape index (κ1) is 118. The van der Waals surface area contributed by atoms with Crippen molar-refractivity contribution in [3.05, 3.63) is 131 Å². The number of aliphatic hydroxyl groups excluding tert-OH is 1. The summed E-state index contributed by atoms with van der Waals surface area (Å²) in [7, 11) is 5.01. The lowest BCUT2D eigenvalue weighted by molar-refractivity contribution is -0.304. The third-order valence-corrected chi connectivity index (χ3v) is 11.6. The Hall–Kier alpha value is -8.64. The van der Waals surface area contributed by atoms with E-state index in [0.29, 0.717) is 150 Å². The molecule has 0 heterocycles. The number of ether oxygens (including phenoxy) is 16. The Morgan fingerprint density at radius 3 is 1.17 bits per heavy atom. The van der Waals surface area contributed by atoms with Crippen molar-refractivity contribution >= 4 is 47.5 Å². The minimum Gasteiger partial charge on any atom is -0.490 e. The highest BCUT2D eigenvalue weighted by atomic mass is 19.4. The second-order valence-corrected chi connectivity index (χ2v) is 22.2. The van der Waals surface area contributed by atoms with Crippen molar-refractivity contribution in [2.24, 2.45) is 5.92 Å². The maximum Gasteiger partial charge on any atom is 0.453 e. The van der Waals surface area contributed by atoms with Crippen molar-refractivity contribution in [2.45, 2.75) is 109 Å². The van der Waals surface area contributed by atoms with E-state index >= 15 is 0 Å². The molecule has 0 atom stereocenters. The minimum absolute atomic E-state index is 0.0465. The number of amides is 1. The van der Waals surface area contributed by atoms with Crippen LogP contribution in [0.2, 0.25) is 0 Å². The maximum atomic E-state index is 13.1. The number of allylic oxidation sites excluding steroid dienone is 1. The van der Waals surface area contributed by atoms with Gasteiger partial charge in [-0.1, -0.05) is 111 Å². The molecule has 27 nitrogen and oxygen atoms in total. The molecular weight excluding hydrogens is 1520 g/mol. The lowest BCUT2D eigenvalue weighted by atomic mass is 10.0. The number of hydrogen-bond acceptors (Lipinski definition) is 26. The number of para-hydroxylation sites is 1. The summed E-state index contributed by atoms with van der Waals surface area (Å²) in [5.74, 6) is -17.0. The van der Waals surface area contributed by atoms with Crippen molar-refractivity contribution in [3.63, 3.8) is 0 Å². The number of hydrogen-bond donors (Lipinski definition) is 1. The first-order chi connectivity index (χ1) is 53.4. The summed E-state index contributed by atoms with van der Waals surface area (Å²) < 4.78 is 193. The zero-order valence-corrected chi connectivity index (χ0v) is 66.2. The van der Waals surface area contributed by atoms with Gasteiger partial charge < -0.3 is 85.8 Å². The average molecular weight is 1640 g/mol. The molecular formula is C77H119F9N2O25. The van der Waals surface area contributed by atoms with Crippen molar-refractivity contribution in [3.8, 4) is 11.8 Å². The molecule has 36 heteroatoms. The summed E-state index contributed by atoms with van der Waals surface area (Å²) in [6.07, 6.45) is -0.266. The number of aliphatic hydroxyl groups is 1. The maximum absolute atomic E-state index is 13.1. The fourth-order valence-corrected chi connectivity index (χ4v) is 6.18. The number of carbonyl (C=O) groups excluding carboxylic acids is 8. The molecule has 0 aliphatic heterocycles. The van der Waals surface area contributed by atoms with Crippen molar-refractivity contribution in [1.82, 2.24) is 4.90 Å². The number of nitriles is 1. The number of methoxy groups -OCH3 is 1. The number of esters is 6. The summed E-state index contributed by atoms with van der Waals surface area (Å²) in [4.78, 5) is 85.4. The van der Waals surface area contributed by atoms with E-state index in [-0.39, 0.29) is 57.1 Å². The van der Waals surface area contributed by atoms with E-state index in [4.69, 9.17) is 71.9 Å². The van der Waals surface area contributed by atoms with Gasteiger partial charge in [-0.3, -0.25) is 9.59 Å². The number of rotatable bonds is 57. The Balaban J connectivity index is -0.000000245. The first-order valence-corrected chi connectivity index (χ1v) is 35.1. The molecule has 650 valence electrons. The zero-order valence-electron chi connectivity index (χ0n) is 66.2. The molecule has 1 N–H and O–H groups in total. The van der Waals surface area contributed by atoms with Crippen LogP contribution in [0, 0.1) is 17.2 Å². The van der Waals surface area contributed by atoms with Crippen LogP contribution in [0.3, 0.4) is 0 Å². The summed E-state index contributed by atoms with van der Waals surface area (Å²) in [5, 5.41) is 16.1. The van der Waals surface area contributed by atoms with Crippen molar-refractivity contribution in [1.29, 1.82) is 5.26 Å². The second-order valence-electron chi connectivity index (χ2n) is 22.2. The Kier molecular flexibility index (Phi) is 86.2. The first-order valence-electron chi connectivity index (χ1n) is 35.1. The molecule has 0 aliphatic rings. The fraction of sp³-hybridized carbons (Fsp3) is 0.597. The van der Waals surface area contributed by atoms with Crippen LogP contribution in [0.15, 0.2) is 131 Å². The van der Waals surface area contributed by atoms with Crippen LogP contribution in [-0.4, -0.2) is 268 Å². The molecule has 0 bridgehead atoms. The van der Waals surface area contributed by atoms with Gasteiger partial charge in [-0.15, -0.1) is 0 Å². The Morgan fingerprint density at radius 1 is 0.478 bits per heavy atom. The van der Waals surface area contributed by atoms with Gasteiger partial charge >= 0.3 is 47.9 Å². The molecule has 0 aromatic heterocycles. The summed E-state index contributed by atoms with van der Waals surface area (Å²) >= 11 is 0. The molecule has 0 spiro atoms. The topological polar surface area (TPSA) is 332 Å². The SMILES string of the molecule is C=C(C)C(=O)OCCOCCOCCOCCOCCOCCOCCOCCOCCOC.C=CC(=O)CC(C)C.C=CC(=O)N(C)C.C=CC(=O)OCCC#N.C=CC(=O)OCCC(F)(F)CC(F)(F)CC(F)(F)C(F)(F)F.C=CC(=O)OCCCCCC.C=CC(=O)OCCO.C=CC(=O)OCCOc1ccccc1. The number of benzene rings is 1. The third kappa shape index (κ3) is 95.7. The molecule has 1 rings (SSSR count). The van der Waals surface area contributed by atoms with Gasteiger partial charge in [0.1, 0.15) is 38.8 Å². The Labute approximate surface area is 658 Å². The predicted octanol–water partition coefficient (Wildman–Crippen LogP) is 11.7. The molecule has 1 aromatic carbocycles. The normalized spacial score (nSPS) is 10.4. The van der Waals surface area contributed by atoms with E-state index in [1.165, 1.54) is 36.0 Å². The number of likely N-dealkylation sites (N-methyl/N-ethyl adjacent to an activating group) is 1. The number of nitrogens with zero attached hydrogens (tertiary/aromatic N) is 2. The molecule has 0 aliphatic carbocycles. The van der Waals surface area contributed by atoms with E-state index < -0.39 is 79.7 Å². The predicted molar refractivity (Wildman–Crippen MR) is 402 cm³/mol. The van der Waals surface area contributed by atoms with Gasteiger partial charge in [0.25, 0.3) is 11.8 Å². The standard InChI is InChI=1S/C23H44O11.C11H11F9O2.C11H12O3.C9H16O2.C7H12O.C6H7NO2.C5H9NO.C5H8O3/c1-22(2)23(24)34-21-20-33-19-18-32-17-16-31-15-14-30-13-12-29-11-10-28-9-8-27-7-6-26-5-4-25-3;1-2-7(21)22-4-3-8(12,13)5-9(14,15)6-10(16,17)11(18,19)20;1-2-11(12)14-9-8-13-10-6-4-3-5-7-10;1-3-5-6-7-8-11-9(10)4-2;1-4-7(8)5-6(2)3;1-2-6(8)9-5-3-4-7;1-4-5(7)6(2)3;1-2-5(7)8-4-3-6/h1,4-21H2,2-3H3;2H,1,3-6H2;2-7H,1,8-9H2;4H,2-3,5-8H2,1H3;4,6H,1,5H2,2-3H3;2H,1,3,5H2;4H,1H2,2-3H3;2,6H,1,3-4H2. The lowest BCUT2D eigenvalue weighted by Gasteiger charge is -2.27. The molecule has 0 saturated heterocycles. The monoisotopic (exact) mass is 1640 g/mol. The Bertz CT molecular complexity index is 2720. The zero-order chi connectivity index (χ0) is 87.5. The highest BCUT2D eigenvalue weighted by Crippen LogP contribution is 2.46. The molecule has 0 saturated carbocycles. The number of carbonyl (C=O) groups is 8. The molecule has 113 heavy (non-hydrogen) atoms. The van der Waals surface area contributed by atoms with Crippen molar-refractivity contribution < 1.29 is 159 Å². The molecule has 0 fully saturated rings. The quantitative estimate of drug-likeness (QED) is 0.0208. The minimum atomic E-state index is -6.27. The third-order valence-electron chi connectivity index (χ3n) is 11.6. The van der Waals surface area contributed by atoms with Crippen LogP contribution in [0.1, 0.15) is 85.5 Å². The van der Waals surface area contributed by atoms with Gasteiger partial charge in [-0.05, 0) is 43.5 Å². The molecule has 0 unspecified atom stereocenters. The van der Waals surface area contributed by atoms with Crippen LogP contribution in [0.25, 0.3) is 0 Å². The van der Waals surface area contributed by atoms with Gasteiger partial charge in [-0.25, -0.2) is 46.3 Å². The number of alkyl halides is 9. The summed E-state index contributed by atoms with van der Waals surface area (Å²) in [6, 6.07) is 11.2. The van der Waals surface area contributed by atoms with Gasteiger partial charge in [0.2, 0.25) is 5.91 Å². The highest BCUT2D eigenvalue weighted by molar-refractivity contribution is 5.89. The van der Waals surface area contributed by atoms with E-state index in [0.717, 1.165) is 36.8 Å². The van der Waals surface area contributed by atoms with E-state index in [1.807, 2.05) is 50.2 Å². The second kappa shape index (κ2) is 82.8. The molecule has 0 radical (unpaired) electrons. The van der Waals surface area contributed by atoms with Crippen molar-refractivity contribution in [2.75, 3.05) is 186 Å². The lowest BCUT2D eigenvalue weighted by Crippen LogP contribution is -2.43. The largest absolute Gasteiger partial charge is 0.490 e. The van der Waals surface area contributed by atoms with E-state index in [2.05, 4.69) is 73.8 Å². The fourth-order valence-electron chi connectivity index (χ4n) is 6.18. The molecule has 1 amide bonds. The van der Waals surface area contributed by atoms with E-state index in [1.54, 1.807) is 28.1 Å². The highest BCUT2D eigenvalue weighted by Gasteiger charge is 2.62. The van der Waals surface area contributed by atoms with E-state index in [9.17, 15) is 77.9 Å². The number of unbranched alkanes of at least 4 members (excludes halogenated alkanes) is 3. The smallest absolute Gasteiger partial charge is 0.453 e. The van der Waals surface area contributed by atoms with Gasteiger partial charge in [0.15, 0.2) is 5.78 Å². The summed E-state index contributed by atoms with van der Waals surface area (Å²) in [6.45, 7) is 42.7. The van der Waals surface area contributed by atoms with Crippen LogP contribution in [0.5, 0.6) is 5.75 Å². The molecule has 1 aromatic rings. The number of ketones is 1. The number of halogens is 9. The average Bonchev–Trinajstić information content (AvgIpc) is 0.807. The Morgan fingerprint density at radius 2 is 0.850 bits per heavy atom. The van der Waals surface area contributed by atoms with Crippen LogP contribution < -0.4 is 4.74 Å². The van der Waals surface area contributed by atoms with Gasteiger partial charge in [-0.2, -0.15) is 27.2 Å².